The lowest BCUT2D eigenvalue weighted by molar-refractivity contribution is -0.116. The number of anilines is 2. The fourth-order valence-electron chi connectivity index (χ4n) is 1.73. The molecular formula is C15H18N2O2S. The number of amides is 1. The molecule has 1 aromatic heterocycles. The molecule has 4 nitrogen and oxygen atoms in total. The summed E-state index contributed by atoms with van der Waals surface area (Å²) >= 11 is 1.67. The molecular weight excluding hydrogens is 272 g/mol. The molecule has 0 spiro atoms. The molecule has 5 heteroatoms. The molecule has 1 heterocycles. The molecule has 2 rings (SSSR count). The molecule has 0 saturated heterocycles. The van der Waals surface area contributed by atoms with Gasteiger partial charge in [-0.25, -0.2) is 0 Å². The highest BCUT2D eigenvalue weighted by atomic mass is 32.1. The summed E-state index contributed by atoms with van der Waals surface area (Å²) in [5, 5.41) is 4.82. The van der Waals surface area contributed by atoms with Gasteiger partial charge in [-0.2, -0.15) is 0 Å². The normalized spacial score (nSPS) is 10.4. The molecule has 0 unspecified atom stereocenters. The lowest BCUT2D eigenvalue weighted by atomic mass is 10.2. The van der Waals surface area contributed by atoms with Crippen molar-refractivity contribution in [3.63, 3.8) is 0 Å². The van der Waals surface area contributed by atoms with E-state index in [1.54, 1.807) is 23.5 Å². The van der Waals surface area contributed by atoms with Gasteiger partial charge in [0.25, 0.3) is 0 Å². The molecule has 3 N–H and O–H groups in total. The Morgan fingerprint density at radius 1 is 1.25 bits per heavy atom. The number of para-hydroxylation sites is 2. The predicted octanol–water partition coefficient (Wildman–Crippen LogP) is 3.27. The van der Waals surface area contributed by atoms with E-state index in [1.165, 1.54) is 4.88 Å². The average molecular weight is 290 g/mol. The fourth-order valence-corrected chi connectivity index (χ4v) is 2.37. The SMILES string of the molecule is Nc1ccccc1NC(=O)CCCOCc1cccs1. The summed E-state index contributed by atoms with van der Waals surface area (Å²) in [4.78, 5) is 12.9. The molecule has 0 aliphatic rings. The van der Waals surface area contributed by atoms with Crippen LogP contribution in [-0.2, 0) is 16.1 Å². The minimum absolute atomic E-state index is 0.0392. The first-order valence-electron chi connectivity index (χ1n) is 6.50. The highest BCUT2D eigenvalue weighted by molar-refractivity contribution is 7.09. The van der Waals surface area contributed by atoms with Gasteiger partial charge in [0.15, 0.2) is 0 Å². The number of hydrogen-bond acceptors (Lipinski definition) is 4. The van der Waals surface area contributed by atoms with Crippen LogP contribution in [0.15, 0.2) is 41.8 Å². The number of thiophene rings is 1. The van der Waals surface area contributed by atoms with Crippen molar-refractivity contribution >= 4 is 28.6 Å². The van der Waals surface area contributed by atoms with Crippen LogP contribution in [0.4, 0.5) is 11.4 Å². The fraction of sp³-hybridized carbons (Fsp3) is 0.267. The number of rotatable bonds is 7. The number of nitrogen functional groups attached to an aromatic ring is 1. The van der Waals surface area contributed by atoms with E-state index in [0.717, 1.165) is 0 Å². The number of nitrogens with one attached hydrogen (secondary N) is 1. The highest BCUT2D eigenvalue weighted by Gasteiger charge is 2.04. The van der Waals surface area contributed by atoms with Gasteiger partial charge in [0.2, 0.25) is 5.91 Å². The van der Waals surface area contributed by atoms with Gasteiger partial charge < -0.3 is 15.8 Å². The summed E-state index contributed by atoms with van der Waals surface area (Å²) in [6, 6.07) is 11.3. The van der Waals surface area contributed by atoms with Crippen molar-refractivity contribution in [1.82, 2.24) is 0 Å². The van der Waals surface area contributed by atoms with E-state index >= 15 is 0 Å². The first kappa shape index (κ1) is 14.6. The van der Waals surface area contributed by atoms with Crippen molar-refractivity contribution in [1.29, 1.82) is 0 Å². The molecule has 2 aromatic rings. The second kappa shape index (κ2) is 7.67. The minimum Gasteiger partial charge on any atom is -0.397 e. The Balaban J connectivity index is 1.62. The molecule has 0 aliphatic heterocycles. The maximum atomic E-state index is 11.7. The first-order valence-corrected chi connectivity index (χ1v) is 7.38. The summed E-state index contributed by atoms with van der Waals surface area (Å²) in [7, 11) is 0. The lowest BCUT2D eigenvalue weighted by Gasteiger charge is -2.07. The molecule has 0 bridgehead atoms. The third-order valence-electron chi connectivity index (χ3n) is 2.75. The zero-order valence-electron chi connectivity index (χ0n) is 11.2. The molecule has 0 atom stereocenters. The van der Waals surface area contributed by atoms with Crippen molar-refractivity contribution < 1.29 is 9.53 Å². The van der Waals surface area contributed by atoms with Crippen LogP contribution in [0.25, 0.3) is 0 Å². The summed E-state index contributed by atoms with van der Waals surface area (Å²) in [5.41, 5.74) is 7.00. The van der Waals surface area contributed by atoms with E-state index in [0.29, 0.717) is 37.4 Å². The zero-order chi connectivity index (χ0) is 14.2. The molecule has 1 aromatic carbocycles. The number of carbonyl (C=O) groups excluding carboxylic acids is 1. The largest absolute Gasteiger partial charge is 0.397 e. The third kappa shape index (κ3) is 4.68. The van der Waals surface area contributed by atoms with E-state index in [2.05, 4.69) is 5.32 Å². The number of benzene rings is 1. The molecule has 0 fully saturated rings. The van der Waals surface area contributed by atoms with Crippen molar-refractivity contribution in [2.45, 2.75) is 19.4 Å². The third-order valence-corrected chi connectivity index (χ3v) is 3.60. The van der Waals surface area contributed by atoms with Gasteiger partial charge in [-0.15, -0.1) is 11.3 Å². The monoisotopic (exact) mass is 290 g/mol. The molecule has 0 saturated carbocycles. The Bertz CT molecular complexity index is 541. The van der Waals surface area contributed by atoms with Crippen LogP contribution in [0.3, 0.4) is 0 Å². The summed E-state index contributed by atoms with van der Waals surface area (Å²) in [5.74, 6) is -0.0392. The van der Waals surface area contributed by atoms with Gasteiger partial charge in [0, 0.05) is 17.9 Å². The number of carbonyl (C=O) groups is 1. The smallest absolute Gasteiger partial charge is 0.224 e. The lowest BCUT2D eigenvalue weighted by Crippen LogP contribution is -2.13. The second-order valence-electron chi connectivity index (χ2n) is 4.37. The maximum Gasteiger partial charge on any atom is 0.224 e. The molecule has 106 valence electrons. The number of nitrogens with two attached hydrogens (primary N) is 1. The Morgan fingerprint density at radius 2 is 2.10 bits per heavy atom. The van der Waals surface area contributed by atoms with Crippen LogP contribution in [0.2, 0.25) is 0 Å². The number of ether oxygens (including phenoxy) is 1. The number of hydrogen-bond donors (Lipinski definition) is 2. The predicted molar refractivity (Wildman–Crippen MR) is 82.7 cm³/mol. The van der Waals surface area contributed by atoms with E-state index in [1.807, 2.05) is 29.6 Å². The van der Waals surface area contributed by atoms with Gasteiger partial charge >= 0.3 is 0 Å². The summed E-state index contributed by atoms with van der Waals surface area (Å²) in [6.07, 6.45) is 1.13. The quantitative estimate of drug-likeness (QED) is 0.607. The Hall–Kier alpha value is -1.85. The van der Waals surface area contributed by atoms with Gasteiger partial charge in [-0.3, -0.25) is 4.79 Å². The average Bonchev–Trinajstić information content (AvgIpc) is 2.94. The van der Waals surface area contributed by atoms with E-state index < -0.39 is 0 Å². The minimum atomic E-state index is -0.0392. The van der Waals surface area contributed by atoms with E-state index in [-0.39, 0.29) is 5.91 Å². The summed E-state index contributed by atoms with van der Waals surface area (Å²) in [6.45, 7) is 1.19. The first-order chi connectivity index (χ1) is 9.75. The van der Waals surface area contributed by atoms with Crippen LogP contribution in [-0.4, -0.2) is 12.5 Å². The van der Waals surface area contributed by atoms with Crippen LogP contribution in [0, 0.1) is 0 Å². The van der Waals surface area contributed by atoms with Crippen molar-refractivity contribution in [3.05, 3.63) is 46.7 Å². The van der Waals surface area contributed by atoms with Crippen LogP contribution in [0.5, 0.6) is 0 Å². The molecule has 1 amide bonds. The van der Waals surface area contributed by atoms with Crippen LogP contribution >= 0.6 is 11.3 Å². The van der Waals surface area contributed by atoms with Crippen molar-refractivity contribution in [2.24, 2.45) is 0 Å². The van der Waals surface area contributed by atoms with Gasteiger partial charge in [0.1, 0.15) is 0 Å². The Kier molecular flexibility index (Phi) is 5.58. The van der Waals surface area contributed by atoms with Crippen molar-refractivity contribution in [3.8, 4) is 0 Å². The van der Waals surface area contributed by atoms with Crippen molar-refractivity contribution in [2.75, 3.05) is 17.7 Å². The van der Waals surface area contributed by atoms with Crippen LogP contribution < -0.4 is 11.1 Å². The standard InChI is InChI=1S/C15H18N2O2S/c16-13-6-1-2-7-14(13)17-15(18)8-3-9-19-11-12-5-4-10-20-12/h1-2,4-7,10H,3,8-9,11,16H2,(H,17,18). The Morgan fingerprint density at radius 3 is 2.85 bits per heavy atom. The van der Waals surface area contributed by atoms with Gasteiger partial charge in [0.05, 0.1) is 18.0 Å². The topological polar surface area (TPSA) is 64.3 Å². The molecule has 0 aliphatic carbocycles. The van der Waals surface area contributed by atoms with Crippen LogP contribution in [0.1, 0.15) is 17.7 Å². The maximum absolute atomic E-state index is 11.7. The zero-order valence-corrected chi connectivity index (χ0v) is 12.0. The summed E-state index contributed by atoms with van der Waals surface area (Å²) < 4.78 is 5.51. The molecule has 20 heavy (non-hydrogen) atoms. The van der Waals surface area contributed by atoms with E-state index in [4.69, 9.17) is 10.5 Å². The Labute approximate surface area is 122 Å². The van der Waals surface area contributed by atoms with Gasteiger partial charge in [-0.1, -0.05) is 18.2 Å². The van der Waals surface area contributed by atoms with Gasteiger partial charge in [-0.05, 0) is 30.0 Å². The highest BCUT2D eigenvalue weighted by Crippen LogP contribution is 2.17. The van der Waals surface area contributed by atoms with E-state index in [9.17, 15) is 4.79 Å². The molecule has 0 radical (unpaired) electrons. The second-order valence-corrected chi connectivity index (χ2v) is 5.40.